The van der Waals surface area contributed by atoms with Crippen LogP contribution in [-0.2, 0) is 19.1 Å². The molecule has 1 aromatic heterocycles. The molecule has 6 heteroatoms. The molecular formula is C22H26ClNO4. The molecule has 2 atom stereocenters. The smallest absolute Gasteiger partial charge is 0.304 e. The van der Waals surface area contributed by atoms with Crippen molar-refractivity contribution in [3.05, 3.63) is 46.1 Å². The van der Waals surface area contributed by atoms with Crippen molar-refractivity contribution >= 4 is 40.2 Å². The molecule has 150 valence electrons. The van der Waals surface area contributed by atoms with Crippen LogP contribution in [0.4, 0.5) is 0 Å². The number of hydrogen-bond acceptors (Lipinski definition) is 5. The molecule has 28 heavy (non-hydrogen) atoms. The average Bonchev–Trinajstić information content (AvgIpc) is 2.64. The molecule has 5 nitrogen and oxygen atoms in total. The van der Waals surface area contributed by atoms with Crippen molar-refractivity contribution in [1.29, 1.82) is 0 Å². The lowest BCUT2D eigenvalue weighted by molar-refractivity contribution is -0.157. The lowest BCUT2D eigenvalue weighted by Crippen LogP contribution is -2.52. The van der Waals surface area contributed by atoms with Crippen LogP contribution in [0.5, 0.6) is 0 Å². The summed E-state index contributed by atoms with van der Waals surface area (Å²) in [5.74, 6) is -0.417. The van der Waals surface area contributed by atoms with Crippen LogP contribution in [0.25, 0.3) is 16.9 Å². The van der Waals surface area contributed by atoms with E-state index in [9.17, 15) is 9.59 Å². The molecule has 1 aliphatic carbocycles. The highest BCUT2D eigenvalue weighted by Crippen LogP contribution is 2.30. The van der Waals surface area contributed by atoms with Crippen LogP contribution in [-0.4, -0.2) is 29.4 Å². The molecule has 0 radical (unpaired) electrons. The number of hydrogen-bond donors (Lipinski definition) is 0. The SMILES string of the molecule is CC[C@@H](C)C=C(C)C=Cc1cc2c(cn1)=C(OC)[C@@](C)(OC(C)=O)C(=O)C=2Cl. The minimum absolute atomic E-state index is 0.0107. The predicted octanol–water partition coefficient (Wildman–Crippen LogP) is 3.09. The Morgan fingerprint density at radius 3 is 2.61 bits per heavy atom. The van der Waals surface area contributed by atoms with Crippen LogP contribution in [0, 0.1) is 5.92 Å². The van der Waals surface area contributed by atoms with E-state index < -0.39 is 17.4 Å². The number of halogens is 1. The van der Waals surface area contributed by atoms with Gasteiger partial charge < -0.3 is 9.47 Å². The molecule has 0 saturated heterocycles. The zero-order chi connectivity index (χ0) is 21.1. The summed E-state index contributed by atoms with van der Waals surface area (Å²) in [5, 5.41) is 1.02. The second kappa shape index (κ2) is 8.74. The highest BCUT2D eigenvalue weighted by atomic mass is 35.5. The summed E-state index contributed by atoms with van der Waals surface area (Å²) in [5.41, 5.74) is 0.180. The first-order valence-corrected chi connectivity index (χ1v) is 9.57. The predicted molar refractivity (Wildman–Crippen MR) is 111 cm³/mol. The van der Waals surface area contributed by atoms with Gasteiger partial charge in [0.1, 0.15) is 0 Å². The number of aromatic nitrogens is 1. The first-order valence-electron chi connectivity index (χ1n) is 9.19. The Bertz CT molecular complexity index is 977. The van der Waals surface area contributed by atoms with Crippen molar-refractivity contribution < 1.29 is 19.1 Å². The minimum Gasteiger partial charge on any atom is -0.496 e. The van der Waals surface area contributed by atoms with Crippen molar-refractivity contribution in [1.82, 2.24) is 4.98 Å². The minimum atomic E-state index is -1.61. The number of esters is 1. The number of nitrogens with zero attached hydrogens (tertiary/aromatic N) is 1. The van der Waals surface area contributed by atoms with E-state index in [1.54, 1.807) is 12.3 Å². The van der Waals surface area contributed by atoms with E-state index in [1.165, 1.54) is 21.0 Å². The maximum absolute atomic E-state index is 12.9. The molecule has 1 heterocycles. The van der Waals surface area contributed by atoms with E-state index in [0.29, 0.717) is 22.0 Å². The van der Waals surface area contributed by atoms with Crippen molar-refractivity contribution in [3.63, 3.8) is 0 Å². The lowest BCUT2D eigenvalue weighted by Gasteiger charge is -2.31. The average molecular weight is 404 g/mol. The van der Waals surface area contributed by atoms with Crippen LogP contribution in [0.1, 0.15) is 46.7 Å². The molecule has 0 aliphatic heterocycles. The fraction of sp³-hybridized carbons (Fsp3) is 0.409. The Kier molecular flexibility index (Phi) is 6.83. The molecule has 0 bridgehead atoms. The molecule has 1 aromatic rings. The van der Waals surface area contributed by atoms with Crippen LogP contribution in [0.2, 0.25) is 0 Å². The van der Waals surface area contributed by atoms with Gasteiger partial charge in [0.15, 0.2) is 5.76 Å². The second-order valence-electron chi connectivity index (χ2n) is 7.09. The molecule has 0 unspecified atom stereocenters. The number of carbonyl (C=O) groups is 2. The van der Waals surface area contributed by atoms with Crippen LogP contribution in [0.15, 0.2) is 30.0 Å². The zero-order valence-corrected chi connectivity index (χ0v) is 17.9. The van der Waals surface area contributed by atoms with Gasteiger partial charge in [-0.15, -0.1) is 0 Å². The van der Waals surface area contributed by atoms with E-state index in [2.05, 4.69) is 24.9 Å². The number of Topliss-reactive ketones (excluding diaryl/α,β-unsaturated/α-hetero) is 1. The molecular weight excluding hydrogens is 378 g/mol. The van der Waals surface area contributed by atoms with Gasteiger partial charge in [0.25, 0.3) is 0 Å². The van der Waals surface area contributed by atoms with Crippen molar-refractivity contribution in [2.24, 2.45) is 5.92 Å². The van der Waals surface area contributed by atoms with Gasteiger partial charge in [-0.25, -0.2) is 0 Å². The third-order valence-electron chi connectivity index (χ3n) is 4.73. The van der Waals surface area contributed by atoms with Crippen molar-refractivity contribution in [2.45, 2.75) is 46.6 Å². The Hall–Kier alpha value is -2.40. The summed E-state index contributed by atoms with van der Waals surface area (Å²) in [6.07, 6.45) is 8.70. The quantitative estimate of drug-likeness (QED) is 0.539. The zero-order valence-electron chi connectivity index (χ0n) is 17.1. The van der Waals surface area contributed by atoms with Gasteiger partial charge >= 0.3 is 5.97 Å². The summed E-state index contributed by atoms with van der Waals surface area (Å²) in [6.45, 7) is 9.04. The topological polar surface area (TPSA) is 65.5 Å². The van der Waals surface area contributed by atoms with Gasteiger partial charge in [-0.05, 0) is 31.9 Å². The number of rotatable bonds is 6. The number of methoxy groups -OCH3 is 1. The Morgan fingerprint density at radius 2 is 2.04 bits per heavy atom. The van der Waals surface area contributed by atoms with Gasteiger partial charge in [0.2, 0.25) is 11.4 Å². The van der Waals surface area contributed by atoms with Crippen LogP contribution < -0.4 is 10.4 Å². The van der Waals surface area contributed by atoms with E-state index >= 15 is 0 Å². The molecule has 0 saturated carbocycles. The lowest BCUT2D eigenvalue weighted by atomic mass is 9.90. The van der Waals surface area contributed by atoms with Gasteiger partial charge in [0, 0.05) is 23.6 Å². The highest BCUT2D eigenvalue weighted by Gasteiger charge is 2.46. The number of pyridine rings is 1. The van der Waals surface area contributed by atoms with Crippen LogP contribution in [0.3, 0.4) is 0 Å². The number of fused-ring (bicyclic) bond motifs is 1. The fourth-order valence-corrected chi connectivity index (χ4v) is 3.48. The fourth-order valence-electron chi connectivity index (χ4n) is 3.14. The normalized spacial score (nSPS) is 21.0. The molecule has 0 aromatic carbocycles. The summed E-state index contributed by atoms with van der Waals surface area (Å²) in [6, 6.07) is 1.73. The summed E-state index contributed by atoms with van der Waals surface area (Å²) in [7, 11) is 1.42. The standard InChI is InChI=1S/C22H26ClNO4/c1-7-13(2)10-14(3)8-9-16-11-17-18(12-24-16)21(27-6)22(5,28-15(4)25)20(26)19(17)23/h8-13H,7H2,1-6H3/t13-,22+/m1/s1. The number of ether oxygens (including phenoxy) is 2. The second-order valence-corrected chi connectivity index (χ2v) is 7.47. The van der Waals surface area contributed by atoms with E-state index in [-0.39, 0.29) is 10.8 Å². The van der Waals surface area contributed by atoms with Crippen molar-refractivity contribution in [3.8, 4) is 0 Å². The van der Waals surface area contributed by atoms with E-state index in [4.69, 9.17) is 21.1 Å². The molecule has 0 N–H and O–H groups in total. The summed E-state index contributed by atoms with van der Waals surface area (Å²) in [4.78, 5) is 28.8. The molecule has 0 amide bonds. The largest absolute Gasteiger partial charge is 0.496 e. The molecule has 1 aliphatic rings. The number of allylic oxidation sites excluding steroid dienone is 3. The Morgan fingerprint density at radius 1 is 1.36 bits per heavy atom. The molecule has 0 fully saturated rings. The third kappa shape index (κ3) is 4.36. The van der Waals surface area contributed by atoms with E-state index in [0.717, 1.165) is 12.0 Å². The Balaban J connectivity index is 2.59. The maximum atomic E-state index is 12.9. The maximum Gasteiger partial charge on any atom is 0.304 e. The van der Waals surface area contributed by atoms with Gasteiger partial charge in [-0.3, -0.25) is 14.6 Å². The van der Waals surface area contributed by atoms with Crippen LogP contribution >= 0.6 is 11.6 Å². The molecule has 0 spiro atoms. The first kappa shape index (κ1) is 21.9. The monoisotopic (exact) mass is 403 g/mol. The van der Waals surface area contributed by atoms with Gasteiger partial charge in [0.05, 0.1) is 17.8 Å². The summed E-state index contributed by atoms with van der Waals surface area (Å²) < 4.78 is 10.7. The Labute approximate surface area is 170 Å². The van der Waals surface area contributed by atoms with E-state index in [1.807, 2.05) is 19.1 Å². The van der Waals surface area contributed by atoms with Crippen molar-refractivity contribution in [2.75, 3.05) is 7.11 Å². The highest BCUT2D eigenvalue weighted by molar-refractivity contribution is 6.62. The summed E-state index contributed by atoms with van der Waals surface area (Å²) >= 11 is 6.35. The van der Waals surface area contributed by atoms with Gasteiger partial charge in [-0.1, -0.05) is 49.6 Å². The van der Waals surface area contributed by atoms with Gasteiger partial charge in [-0.2, -0.15) is 0 Å². The number of ketones is 1. The molecule has 2 rings (SSSR count). The first-order chi connectivity index (χ1) is 13.1. The third-order valence-corrected chi connectivity index (χ3v) is 5.11. The number of carbonyl (C=O) groups excluding carboxylic acids is 2.